The van der Waals surface area contributed by atoms with Crippen LogP contribution in [0.5, 0.6) is 0 Å². The fraction of sp³-hybridized carbons (Fsp3) is 0.154. The van der Waals surface area contributed by atoms with Gasteiger partial charge in [-0.15, -0.1) is 0 Å². The predicted octanol–water partition coefficient (Wildman–Crippen LogP) is 6.21. The molecule has 0 amide bonds. The molecule has 2 aromatic carbocycles. The third kappa shape index (κ3) is 3.70. The molecule has 0 saturated heterocycles. The zero-order chi connectivity index (χ0) is 21.0. The molecule has 2 aliphatic rings. The van der Waals surface area contributed by atoms with Crippen LogP contribution in [0.4, 0.5) is 17.2 Å². The van der Waals surface area contributed by atoms with E-state index in [0.717, 1.165) is 40.4 Å². The van der Waals surface area contributed by atoms with Crippen LogP contribution in [0.15, 0.2) is 102 Å². The number of benzene rings is 2. The number of anilines is 2. The van der Waals surface area contributed by atoms with Gasteiger partial charge < -0.3 is 9.47 Å². The molecule has 1 unspecified atom stereocenters. The number of aromatic nitrogens is 1. The van der Waals surface area contributed by atoms with Gasteiger partial charge >= 0.3 is 5.95 Å². The number of fused-ring (bicyclic) bond motifs is 2. The van der Waals surface area contributed by atoms with Crippen LogP contribution in [0.2, 0.25) is 0 Å². The van der Waals surface area contributed by atoms with E-state index in [1.165, 1.54) is 0 Å². The molecule has 3 aromatic rings. The minimum atomic E-state index is -0.210. The second-order valence-corrected chi connectivity index (χ2v) is 7.33. The van der Waals surface area contributed by atoms with Crippen molar-refractivity contribution in [3.63, 3.8) is 0 Å². The zero-order valence-electron chi connectivity index (χ0n) is 17.3. The molecule has 5 heteroatoms. The fourth-order valence-electron chi connectivity index (χ4n) is 3.71. The topological polar surface area (TPSA) is 47.0 Å². The molecular weight excluding hydrogens is 386 g/mol. The Bertz CT molecular complexity index is 1120. The molecule has 1 atom stereocenters. The van der Waals surface area contributed by atoms with E-state index in [-0.39, 0.29) is 6.10 Å². The summed E-state index contributed by atoms with van der Waals surface area (Å²) in [5.41, 5.74) is 4.65. The highest BCUT2D eigenvalue weighted by atomic mass is 16.7. The highest BCUT2D eigenvalue weighted by molar-refractivity contribution is 5.96. The van der Waals surface area contributed by atoms with E-state index in [9.17, 15) is 0 Å². The Morgan fingerprint density at radius 1 is 1.00 bits per heavy atom. The van der Waals surface area contributed by atoms with E-state index in [1.54, 1.807) is 6.20 Å². The summed E-state index contributed by atoms with van der Waals surface area (Å²) in [6.45, 7) is 2.65. The Kier molecular flexibility index (Phi) is 5.23. The lowest BCUT2D eigenvalue weighted by Crippen LogP contribution is -2.23. The zero-order valence-corrected chi connectivity index (χ0v) is 17.3. The van der Waals surface area contributed by atoms with Crippen LogP contribution in [0.3, 0.4) is 0 Å². The quantitative estimate of drug-likeness (QED) is 0.503. The molecule has 5 nitrogen and oxygen atoms in total. The number of pyridine rings is 1. The molecule has 1 aromatic heterocycles. The van der Waals surface area contributed by atoms with E-state index in [2.05, 4.69) is 52.2 Å². The third-order valence-electron chi connectivity index (χ3n) is 5.18. The van der Waals surface area contributed by atoms with Gasteiger partial charge in [-0.1, -0.05) is 55.5 Å². The second kappa shape index (κ2) is 8.48. The van der Waals surface area contributed by atoms with Crippen LogP contribution >= 0.6 is 0 Å². The summed E-state index contributed by atoms with van der Waals surface area (Å²) in [7, 11) is 0. The van der Waals surface area contributed by atoms with E-state index in [4.69, 9.17) is 9.47 Å². The molecule has 2 aliphatic heterocycles. The maximum Gasteiger partial charge on any atom is 0.305 e. The maximum atomic E-state index is 6.37. The van der Waals surface area contributed by atoms with Gasteiger partial charge in [0.05, 0.1) is 12.3 Å². The molecule has 0 fully saturated rings. The molecule has 0 saturated carbocycles. The van der Waals surface area contributed by atoms with E-state index in [1.807, 2.05) is 54.7 Å². The predicted molar refractivity (Wildman–Crippen MR) is 123 cm³/mol. The summed E-state index contributed by atoms with van der Waals surface area (Å²) in [4.78, 5) is 11.4. The molecule has 0 aliphatic carbocycles. The Labute approximate surface area is 182 Å². The number of nitrogens with zero attached hydrogens (tertiary/aromatic N) is 3. The number of para-hydroxylation sites is 1. The van der Waals surface area contributed by atoms with Crippen molar-refractivity contribution >= 4 is 23.4 Å². The van der Waals surface area contributed by atoms with Gasteiger partial charge in [0.1, 0.15) is 17.5 Å². The lowest BCUT2D eigenvalue weighted by atomic mass is 10.1. The summed E-state index contributed by atoms with van der Waals surface area (Å²) in [5.74, 6) is 1.23. The molecular formula is C26H23N3O2. The highest BCUT2D eigenvalue weighted by Crippen LogP contribution is 2.42. The van der Waals surface area contributed by atoms with Crippen LogP contribution in [-0.2, 0) is 9.47 Å². The van der Waals surface area contributed by atoms with Crippen LogP contribution in [0.1, 0.15) is 30.6 Å². The van der Waals surface area contributed by atoms with Crippen molar-refractivity contribution in [1.82, 2.24) is 4.98 Å². The maximum absolute atomic E-state index is 6.37. The van der Waals surface area contributed by atoms with Gasteiger partial charge in [0.2, 0.25) is 0 Å². The molecule has 31 heavy (non-hydrogen) atoms. The van der Waals surface area contributed by atoms with Crippen molar-refractivity contribution in [3.05, 3.63) is 108 Å². The number of hydrogen-bond acceptors (Lipinski definition) is 5. The summed E-state index contributed by atoms with van der Waals surface area (Å²) >= 11 is 0. The summed E-state index contributed by atoms with van der Waals surface area (Å²) in [6.07, 6.45) is 8.45. The number of hydrogen-bond donors (Lipinski definition) is 0. The lowest BCUT2D eigenvalue weighted by molar-refractivity contribution is 0.00312. The van der Waals surface area contributed by atoms with Crippen LogP contribution in [0.25, 0.3) is 0 Å². The SMILES string of the molecule is CCCOC1=C(N2c3ccccc3C=Nc3cccnc32)C=CC(c2ccccc2)O1. The lowest BCUT2D eigenvalue weighted by Gasteiger charge is -2.31. The number of aliphatic imine (C=N–C) groups is 1. The van der Waals surface area contributed by atoms with E-state index in [0.29, 0.717) is 12.6 Å². The van der Waals surface area contributed by atoms with Crippen molar-refractivity contribution in [1.29, 1.82) is 0 Å². The van der Waals surface area contributed by atoms with Crippen molar-refractivity contribution < 1.29 is 9.47 Å². The van der Waals surface area contributed by atoms with Gasteiger partial charge in [0, 0.05) is 18.0 Å². The number of allylic oxidation sites excluding steroid dienone is 1. The molecule has 154 valence electrons. The third-order valence-corrected chi connectivity index (χ3v) is 5.18. The van der Waals surface area contributed by atoms with E-state index >= 15 is 0 Å². The Morgan fingerprint density at radius 2 is 1.84 bits per heavy atom. The molecule has 0 bridgehead atoms. The molecule has 0 spiro atoms. The molecule has 3 heterocycles. The van der Waals surface area contributed by atoms with Crippen LogP contribution in [-0.4, -0.2) is 17.8 Å². The molecule has 0 N–H and O–H groups in total. The molecule has 5 rings (SSSR count). The molecule has 0 radical (unpaired) electrons. The van der Waals surface area contributed by atoms with Crippen LogP contribution < -0.4 is 4.90 Å². The first-order chi connectivity index (χ1) is 15.3. The summed E-state index contributed by atoms with van der Waals surface area (Å²) in [6, 6.07) is 22.1. The van der Waals surface area contributed by atoms with Crippen molar-refractivity contribution in [2.75, 3.05) is 11.5 Å². The first-order valence-electron chi connectivity index (χ1n) is 10.5. The Hall–Kier alpha value is -3.86. The minimum Gasteiger partial charge on any atom is -0.464 e. The number of ether oxygens (including phenoxy) is 2. The van der Waals surface area contributed by atoms with Gasteiger partial charge in [-0.2, -0.15) is 0 Å². The van der Waals surface area contributed by atoms with Gasteiger partial charge in [-0.3, -0.25) is 9.89 Å². The van der Waals surface area contributed by atoms with Crippen molar-refractivity contribution in [3.8, 4) is 0 Å². The Morgan fingerprint density at radius 3 is 2.71 bits per heavy atom. The van der Waals surface area contributed by atoms with Crippen molar-refractivity contribution in [2.24, 2.45) is 4.99 Å². The minimum absolute atomic E-state index is 0.210. The summed E-state index contributed by atoms with van der Waals surface area (Å²) < 4.78 is 12.5. The van der Waals surface area contributed by atoms with Gasteiger partial charge in [0.15, 0.2) is 5.82 Å². The standard InChI is InChI=1S/C26H23N3O2/c1-2-17-30-26-23(14-15-24(31-26)19-9-4-3-5-10-19)29-22-13-7-6-11-20(22)18-28-21-12-8-16-27-25(21)29/h3-16,18,24H,2,17H2,1H3. The Balaban J connectivity index is 1.64. The van der Waals surface area contributed by atoms with E-state index < -0.39 is 0 Å². The summed E-state index contributed by atoms with van der Waals surface area (Å²) in [5, 5.41) is 0. The van der Waals surface area contributed by atoms with Gasteiger partial charge in [0.25, 0.3) is 0 Å². The second-order valence-electron chi connectivity index (χ2n) is 7.33. The average molecular weight is 409 g/mol. The number of rotatable bonds is 5. The highest BCUT2D eigenvalue weighted by Gasteiger charge is 2.29. The first-order valence-corrected chi connectivity index (χ1v) is 10.5. The monoisotopic (exact) mass is 409 g/mol. The van der Waals surface area contributed by atoms with Gasteiger partial charge in [-0.05, 0) is 42.3 Å². The largest absolute Gasteiger partial charge is 0.464 e. The first kappa shape index (κ1) is 19.1. The normalized spacial score (nSPS) is 16.9. The van der Waals surface area contributed by atoms with Gasteiger partial charge in [-0.25, -0.2) is 4.98 Å². The smallest absolute Gasteiger partial charge is 0.305 e. The average Bonchev–Trinajstić information content (AvgIpc) is 3.00. The van der Waals surface area contributed by atoms with Crippen molar-refractivity contribution in [2.45, 2.75) is 19.4 Å². The van der Waals surface area contributed by atoms with Crippen LogP contribution in [0, 0.1) is 0 Å². The fourth-order valence-corrected chi connectivity index (χ4v) is 3.71.